The molecule has 2 aromatic carbocycles. The molecule has 2 amide bonds. The van der Waals surface area contributed by atoms with Crippen LogP contribution in [0.3, 0.4) is 0 Å². The number of benzene rings is 2. The van der Waals surface area contributed by atoms with Gasteiger partial charge >= 0.3 is 0 Å². The zero-order valence-electron chi connectivity index (χ0n) is 18.1. The molecule has 32 heavy (non-hydrogen) atoms. The molecule has 1 heterocycles. The normalized spacial score (nSPS) is 11.9. The van der Waals surface area contributed by atoms with Crippen molar-refractivity contribution in [2.45, 2.75) is 39.6 Å². The lowest BCUT2D eigenvalue weighted by Crippen LogP contribution is -2.49. The topological polar surface area (TPSA) is 80.6 Å². The Morgan fingerprint density at radius 3 is 2.50 bits per heavy atom. The maximum absolute atomic E-state index is 12.8. The summed E-state index contributed by atoms with van der Waals surface area (Å²) in [4.78, 5) is 25.4. The predicted octanol–water partition coefficient (Wildman–Crippen LogP) is 4.72. The van der Waals surface area contributed by atoms with E-state index in [0.29, 0.717) is 30.3 Å². The fourth-order valence-corrected chi connectivity index (χ4v) is 3.41. The van der Waals surface area contributed by atoms with Crippen LogP contribution in [-0.4, -0.2) is 17.9 Å². The van der Waals surface area contributed by atoms with Gasteiger partial charge in [0.25, 0.3) is 5.91 Å². The molecular formula is C25H27ClN2O4. The Kier molecular flexibility index (Phi) is 8.48. The Balaban J connectivity index is 1.54. The third-order valence-electron chi connectivity index (χ3n) is 4.91. The van der Waals surface area contributed by atoms with Gasteiger partial charge in [-0.1, -0.05) is 61.8 Å². The van der Waals surface area contributed by atoms with Crippen molar-refractivity contribution in [2.24, 2.45) is 5.92 Å². The fraction of sp³-hybridized carbons (Fsp3) is 0.280. The molecule has 7 heteroatoms. The van der Waals surface area contributed by atoms with Gasteiger partial charge in [-0.15, -0.1) is 0 Å². The summed E-state index contributed by atoms with van der Waals surface area (Å²) in [6.45, 7) is 4.94. The number of rotatable bonds is 10. The second-order valence-electron chi connectivity index (χ2n) is 7.78. The quantitative estimate of drug-likeness (QED) is 0.464. The third-order valence-corrected chi connectivity index (χ3v) is 5.24. The van der Waals surface area contributed by atoms with E-state index in [1.165, 1.54) is 0 Å². The highest BCUT2D eigenvalue weighted by Crippen LogP contribution is 2.16. The summed E-state index contributed by atoms with van der Waals surface area (Å²) >= 11 is 6.11. The Morgan fingerprint density at radius 2 is 1.78 bits per heavy atom. The zero-order valence-corrected chi connectivity index (χ0v) is 18.9. The number of hydrogen-bond donors (Lipinski definition) is 2. The van der Waals surface area contributed by atoms with E-state index in [0.717, 1.165) is 16.9 Å². The molecule has 1 aromatic heterocycles. The summed E-state index contributed by atoms with van der Waals surface area (Å²) in [7, 11) is 0. The lowest BCUT2D eigenvalue weighted by molar-refractivity contribution is -0.124. The standard InChI is InChI=1S/C25H27ClN2O4/c1-17(2)23(28-24(29)21-10-3-4-11-22(21)26)25(30)27-14-18-7-5-8-19(13-18)15-31-16-20-9-6-12-32-20/h3-13,17,23H,14-16H2,1-2H3,(H,27,30)(H,28,29). The molecule has 3 rings (SSSR count). The lowest BCUT2D eigenvalue weighted by atomic mass is 10.0. The van der Waals surface area contributed by atoms with E-state index < -0.39 is 6.04 Å². The largest absolute Gasteiger partial charge is 0.467 e. The molecule has 0 saturated carbocycles. The summed E-state index contributed by atoms with van der Waals surface area (Å²) in [5.74, 6) is 0.0507. The summed E-state index contributed by atoms with van der Waals surface area (Å²) < 4.78 is 10.9. The third kappa shape index (κ3) is 6.70. The van der Waals surface area contributed by atoms with Gasteiger partial charge in [-0.25, -0.2) is 0 Å². The second-order valence-corrected chi connectivity index (χ2v) is 8.19. The van der Waals surface area contributed by atoms with Crippen molar-refractivity contribution in [3.05, 3.63) is 94.4 Å². The Labute approximate surface area is 192 Å². The van der Waals surface area contributed by atoms with Gasteiger partial charge in [-0.05, 0) is 41.3 Å². The van der Waals surface area contributed by atoms with E-state index in [9.17, 15) is 9.59 Å². The van der Waals surface area contributed by atoms with Crippen molar-refractivity contribution in [2.75, 3.05) is 0 Å². The molecule has 0 bridgehead atoms. The van der Waals surface area contributed by atoms with E-state index in [4.69, 9.17) is 20.8 Å². The van der Waals surface area contributed by atoms with Crippen LogP contribution < -0.4 is 10.6 Å². The molecule has 0 spiro atoms. The number of carbonyl (C=O) groups excluding carboxylic acids is 2. The van der Waals surface area contributed by atoms with E-state index in [-0.39, 0.29) is 17.7 Å². The van der Waals surface area contributed by atoms with E-state index in [1.54, 1.807) is 30.5 Å². The number of ether oxygens (including phenoxy) is 1. The van der Waals surface area contributed by atoms with Crippen LogP contribution in [0.15, 0.2) is 71.3 Å². The monoisotopic (exact) mass is 454 g/mol. The zero-order chi connectivity index (χ0) is 22.9. The average molecular weight is 455 g/mol. The number of halogens is 1. The van der Waals surface area contributed by atoms with Crippen molar-refractivity contribution in [3.8, 4) is 0 Å². The first kappa shape index (κ1) is 23.6. The maximum atomic E-state index is 12.8. The highest BCUT2D eigenvalue weighted by Gasteiger charge is 2.25. The van der Waals surface area contributed by atoms with Crippen LogP contribution >= 0.6 is 11.6 Å². The maximum Gasteiger partial charge on any atom is 0.253 e. The van der Waals surface area contributed by atoms with Crippen molar-refractivity contribution >= 4 is 23.4 Å². The van der Waals surface area contributed by atoms with Crippen molar-refractivity contribution in [3.63, 3.8) is 0 Å². The second kappa shape index (κ2) is 11.5. The molecular weight excluding hydrogens is 428 g/mol. The molecule has 0 aliphatic rings. The first-order valence-electron chi connectivity index (χ1n) is 10.4. The molecule has 0 radical (unpaired) electrons. The molecule has 1 atom stereocenters. The van der Waals surface area contributed by atoms with Gasteiger partial charge in [0.2, 0.25) is 5.91 Å². The van der Waals surface area contributed by atoms with E-state index in [2.05, 4.69) is 10.6 Å². The lowest BCUT2D eigenvalue weighted by Gasteiger charge is -2.22. The Morgan fingerprint density at radius 1 is 1.00 bits per heavy atom. The summed E-state index contributed by atoms with van der Waals surface area (Å²) in [5, 5.41) is 6.06. The van der Waals surface area contributed by atoms with Gasteiger partial charge in [0, 0.05) is 6.54 Å². The van der Waals surface area contributed by atoms with Gasteiger partial charge in [0.1, 0.15) is 18.4 Å². The fourth-order valence-electron chi connectivity index (χ4n) is 3.19. The van der Waals surface area contributed by atoms with E-state index in [1.807, 2.05) is 50.2 Å². The van der Waals surface area contributed by atoms with Gasteiger partial charge in [-0.3, -0.25) is 9.59 Å². The van der Waals surface area contributed by atoms with Crippen LogP contribution in [0.4, 0.5) is 0 Å². The van der Waals surface area contributed by atoms with Crippen LogP contribution in [0.1, 0.15) is 41.1 Å². The van der Waals surface area contributed by atoms with Gasteiger partial charge in [0.05, 0.1) is 23.5 Å². The number of carbonyl (C=O) groups is 2. The smallest absolute Gasteiger partial charge is 0.253 e. The molecule has 1 unspecified atom stereocenters. The molecule has 0 fully saturated rings. The Bertz CT molecular complexity index is 1030. The predicted molar refractivity (Wildman–Crippen MR) is 123 cm³/mol. The van der Waals surface area contributed by atoms with Crippen molar-refractivity contribution in [1.29, 1.82) is 0 Å². The van der Waals surface area contributed by atoms with Crippen LogP contribution in [0.2, 0.25) is 5.02 Å². The molecule has 0 aliphatic heterocycles. The van der Waals surface area contributed by atoms with Crippen LogP contribution in [0, 0.1) is 5.92 Å². The van der Waals surface area contributed by atoms with Gasteiger partial charge in [-0.2, -0.15) is 0 Å². The first-order chi connectivity index (χ1) is 15.4. The van der Waals surface area contributed by atoms with Gasteiger partial charge in [0.15, 0.2) is 0 Å². The summed E-state index contributed by atoms with van der Waals surface area (Å²) in [5.41, 5.74) is 2.28. The van der Waals surface area contributed by atoms with Crippen LogP contribution in [-0.2, 0) is 29.3 Å². The van der Waals surface area contributed by atoms with Crippen LogP contribution in [0.25, 0.3) is 0 Å². The number of hydrogen-bond acceptors (Lipinski definition) is 4. The van der Waals surface area contributed by atoms with Crippen molar-refractivity contribution < 1.29 is 18.7 Å². The summed E-state index contributed by atoms with van der Waals surface area (Å²) in [6, 6.07) is 17.6. The number of nitrogens with one attached hydrogen (secondary N) is 2. The Hall–Kier alpha value is -3.09. The number of amides is 2. The van der Waals surface area contributed by atoms with Crippen molar-refractivity contribution in [1.82, 2.24) is 10.6 Å². The average Bonchev–Trinajstić information content (AvgIpc) is 3.29. The summed E-state index contributed by atoms with van der Waals surface area (Å²) in [6.07, 6.45) is 1.61. The van der Waals surface area contributed by atoms with E-state index >= 15 is 0 Å². The molecule has 168 valence electrons. The highest BCUT2D eigenvalue weighted by atomic mass is 35.5. The molecule has 6 nitrogen and oxygen atoms in total. The minimum Gasteiger partial charge on any atom is -0.467 e. The molecule has 0 saturated heterocycles. The molecule has 2 N–H and O–H groups in total. The number of furan rings is 1. The van der Waals surface area contributed by atoms with Gasteiger partial charge < -0.3 is 19.8 Å². The van der Waals surface area contributed by atoms with Crippen LogP contribution in [0.5, 0.6) is 0 Å². The minimum atomic E-state index is -0.682. The molecule has 3 aromatic rings. The SMILES string of the molecule is CC(C)C(NC(=O)c1ccccc1Cl)C(=O)NCc1cccc(COCc2ccco2)c1. The molecule has 0 aliphatic carbocycles. The first-order valence-corrected chi connectivity index (χ1v) is 10.8. The minimum absolute atomic E-state index is 0.0947. The highest BCUT2D eigenvalue weighted by molar-refractivity contribution is 6.33.